The molecule has 5 aromatic rings. The molecule has 0 unspecified atom stereocenters. The van der Waals surface area contributed by atoms with Gasteiger partial charge in [-0.25, -0.2) is 9.67 Å². The van der Waals surface area contributed by atoms with Gasteiger partial charge in [-0.2, -0.15) is 14.6 Å². The second kappa shape index (κ2) is 10.1. The first-order chi connectivity index (χ1) is 20.8. The van der Waals surface area contributed by atoms with E-state index in [0.717, 1.165) is 12.8 Å². The zero-order valence-electron chi connectivity index (χ0n) is 27.0. The van der Waals surface area contributed by atoms with Crippen LogP contribution >= 0.6 is 0 Å². The van der Waals surface area contributed by atoms with Crippen LogP contribution in [-0.4, -0.2) is 87.2 Å². The summed E-state index contributed by atoms with van der Waals surface area (Å²) >= 11 is 0. The monoisotopic (exact) mass is 510 g/mol. The molecule has 0 amide bonds. The van der Waals surface area contributed by atoms with Crippen molar-refractivity contribution in [3.8, 4) is 17.3 Å². The number of aryl methyl sites for hydroxylation is 1. The summed E-state index contributed by atoms with van der Waals surface area (Å²) in [4.78, 5) is 12.6. The van der Waals surface area contributed by atoms with Crippen LogP contribution in [0.3, 0.4) is 0 Å². The average molecular weight is 511 g/mol. The van der Waals surface area contributed by atoms with Crippen LogP contribution in [0.15, 0.2) is 53.3 Å². The van der Waals surface area contributed by atoms with Crippen molar-refractivity contribution in [2.45, 2.75) is 6.54 Å². The van der Waals surface area contributed by atoms with E-state index in [-0.39, 0.29) is 41.5 Å². The maximum absolute atomic E-state index is 8.86. The van der Waals surface area contributed by atoms with Gasteiger partial charge in [0.05, 0.1) is 37.8 Å². The highest BCUT2D eigenvalue weighted by Crippen LogP contribution is 2.24. The van der Waals surface area contributed by atoms with Crippen LogP contribution in [0.4, 0.5) is 11.6 Å². The summed E-state index contributed by atoms with van der Waals surface area (Å²) in [5, 5.41) is 8.90. The maximum Gasteiger partial charge on any atom is 0.225 e. The van der Waals surface area contributed by atoms with Gasteiger partial charge in [0.25, 0.3) is 0 Å². The van der Waals surface area contributed by atoms with Gasteiger partial charge >= 0.3 is 0 Å². The van der Waals surface area contributed by atoms with Crippen molar-refractivity contribution in [2.75, 3.05) is 63.5 Å². The number of nitrogens with zero attached hydrogens (tertiary/aromatic N) is 8. The van der Waals surface area contributed by atoms with Crippen LogP contribution < -0.4 is 15.4 Å². The fraction of sp³-hybridized carbons (Fsp3) is 0.360. The second-order valence-electron chi connectivity index (χ2n) is 8.22. The molecule has 1 aliphatic heterocycles. The summed E-state index contributed by atoms with van der Waals surface area (Å²) in [6.45, 7) is -5.57. The number of methoxy groups -OCH3 is 1. The Labute approximate surface area is 223 Å². The molecular weight excluding hydrogens is 474 g/mol. The Morgan fingerprint density at radius 2 is 1.92 bits per heavy atom. The Morgan fingerprint density at radius 1 is 1.08 bits per heavy atom. The standard InChI is InChI=1S/C25H29N9O3/c1-35-15-16-36-19-6-4-18(5-7-19)32-11-8-31(9-12-32)10-13-33-23-20(17-27-33)24-28-22(21-3-2-14-37-21)30-34(24)25(26)29-23/h2-7,14,17H,8-13,15-16H2,1H3,(H2,26,29)/i10D2,15D2,16D2,17D. The summed E-state index contributed by atoms with van der Waals surface area (Å²) in [7, 11) is 1.07. The number of furan rings is 1. The number of ether oxygens (including phenoxy) is 2. The van der Waals surface area contributed by atoms with Crippen molar-refractivity contribution >= 4 is 28.3 Å². The average Bonchev–Trinajstić information content (AvgIpc) is 3.73. The number of benzene rings is 1. The minimum absolute atomic E-state index is 0.0121. The Bertz CT molecular complexity index is 1780. The number of piperazine rings is 1. The molecule has 0 aliphatic carbocycles. The molecular formula is C25H29N9O3. The number of nitrogen functional groups attached to an aromatic ring is 1. The van der Waals surface area contributed by atoms with E-state index in [1.165, 1.54) is 15.5 Å². The van der Waals surface area contributed by atoms with Gasteiger partial charge in [0.1, 0.15) is 12.3 Å². The van der Waals surface area contributed by atoms with Crippen LogP contribution in [0.25, 0.3) is 28.3 Å². The molecule has 12 nitrogen and oxygen atoms in total. The SMILES string of the molecule is [2H]c1nn(CC([2H])([2H])N2CCN(c3ccc(OC([2H])([2H])C([2H])([2H])OC)cc3)CC2)c2nc(N)n3nc(-c4ccco4)nc3c12. The molecule has 1 aliphatic rings. The molecule has 1 aromatic carbocycles. The van der Waals surface area contributed by atoms with Crippen LogP contribution in [0.1, 0.15) is 9.60 Å². The van der Waals surface area contributed by atoms with Crippen LogP contribution in [0.2, 0.25) is 0 Å². The van der Waals surface area contributed by atoms with Crippen molar-refractivity contribution < 1.29 is 23.5 Å². The molecule has 1 saturated heterocycles. The molecule has 0 bridgehead atoms. The van der Waals surface area contributed by atoms with Crippen molar-refractivity contribution in [3.63, 3.8) is 0 Å². The van der Waals surface area contributed by atoms with Gasteiger partial charge < -0.3 is 24.5 Å². The summed E-state index contributed by atoms with van der Waals surface area (Å²) in [5.41, 5.74) is 7.50. The third kappa shape index (κ3) is 4.68. The molecule has 6 rings (SSSR count). The molecule has 12 heteroatoms. The lowest BCUT2D eigenvalue weighted by Crippen LogP contribution is -2.47. The van der Waals surface area contributed by atoms with Gasteiger partial charge in [0.2, 0.25) is 11.8 Å². The van der Waals surface area contributed by atoms with Gasteiger partial charge in [0, 0.05) is 48.2 Å². The van der Waals surface area contributed by atoms with Crippen molar-refractivity contribution in [3.05, 3.63) is 48.8 Å². The summed E-state index contributed by atoms with van der Waals surface area (Å²) < 4.78 is 75.0. The molecule has 0 atom stereocenters. The first-order valence-corrected chi connectivity index (χ1v) is 11.6. The summed E-state index contributed by atoms with van der Waals surface area (Å²) in [5.74, 6) is 0.852. The minimum Gasteiger partial charge on any atom is -0.491 e. The normalized spacial score (nSPS) is 18.6. The van der Waals surface area contributed by atoms with Crippen molar-refractivity contribution in [1.82, 2.24) is 34.3 Å². The largest absolute Gasteiger partial charge is 0.491 e. The highest BCUT2D eigenvalue weighted by atomic mass is 16.5. The first-order valence-electron chi connectivity index (χ1n) is 15.1. The number of nitrogens with two attached hydrogens (primary N) is 1. The van der Waals surface area contributed by atoms with E-state index in [9.17, 15) is 0 Å². The predicted octanol–water partition coefficient (Wildman–Crippen LogP) is 2.16. The smallest absolute Gasteiger partial charge is 0.225 e. The number of hydrogen-bond donors (Lipinski definition) is 1. The molecule has 0 spiro atoms. The van der Waals surface area contributed by atoms with E-state index < -0.39 is 19.6 Å². The fourth-order valence-corrected chi connectivity index (χ4v) is 4.15. The molecule has 4 aromatic heterocycles. The van der Waals surface area contributed by atoms with Crippen molar-refractivity contribution in [2.24, 2.45) is 0 Å². The lowest BCUT2D eigenvalue weighted by atomic mass is 10.2. The number of rotatable bonds is 9. The van der Waals surface area contributed by atoms with Crippen LogP contribution in [0.5, 0.6) is 5.75 Å². The Morgan fingerprint density at radius 3 is 2.68 bits per heavy atom. The number of fused-ring (bicyclic) bond motifs is 3. The van der Waals surface area contributed by atoms with E-state index in [0.29, 0.717) is 37.3 Å². The third-order valence-corrected chi connectivity index (χ3v) is 6.00. The van der Waals surface area contributed by atoms with E-state index in [1.807, 2.05) is 0 Å². The Kier molecular flexibility index (Phi) is 4.51. The van der Waals surface area contributed by atoms with E-state index in [1.54, 1.807) is 41.3 Å². The van der Waals surface area contributed by atoms with Gasteiger partial charge in [0.15, 0.2) is 17.1 Å². The molecule has 0 saturated carbocycles. The number of aromatic nitrogens is 6. The van der Waals surface area contributed by atoms with Crippen LogP contribution in [-0.2, 0) is 11.3 Å². The lowest BCUT2D eigenvalue weighted by molar-refractivity contribution is 0.146. The Balaban J connectivity index is 1.15. The van der Waals surface area contributed by atoms with Crippen LogP contribution in [0, 0.1) is 0 Å². The van der Waals surface area contributed by atoms with Gasteiger partial charge in [-0.05, 0) is 36.4 Å². The summed E-state index contributed by atoms with van der Waals surface area (Å²) in [6, 6.07) is 9.98. The van der Waals surface area contributed by atoms with E-state index >= 15 is 0 Å². The Hall–Kier alpha value is -4.16. The fourth-order valence-electron chi connectivity index (χ4n) is 4.15. The zero-order chi connectivity index (χ0) is 31.4. The van der Waals surface area contributed by atoms with Gasteiger partial charge in [-0.1, -0.05) is 0 Å². The van der Waals surface area contributed by atoms with E-state index in [4.69, 9.17) is 24.5 Å². The first kappa shape index (κ1) is 16.6. The third-order valence-electron chi connectivity index (χ3n) is 6.00. The van der Waals surface area contributed by atoms with E-state index in [2.05, 4.69) is 29.8 Å². The van der Waals surface area contributed by atoms with Gasteiger partial charge in [-0.3, -0.25) is 4.90 Å². The summed E-state index contributed by atoms with van der Waals surface area (Å²) in [6.07, 6.45) is 1.37. The number of anilines is 2. The maximum atomic E-state index is 8.86. The quantitative estimate of drug-likeness (QED) is 0.315. The zero-order valence-corrected chi connectivity index (χ0v) is 20.0. The molecule has 0 radical (unpaired) electrons. The van der Waals surface area contributed by atoms with Crippen molar-refractivity contribution in [1.29, 1.82) is 0 Å². The molecule has 5 heterocycles. The highest BCUT2D eigenvalue weighted by molar-refractivity contribution is 5.90. The van der Waals surface area contributed by atoms with Gasteiger partial charge in [-0.15, -0.1) is 5.10 Å². The molecule has 192 valence electrons. The lowest BCUT2D eigenvalue weighted by Gasteiger charge is -2.36. The highest BCUT2D eigenvalue weighted by Gasteiger charge is 2.20. The molecule has 1 fully saturated rings. The molecule has 2 N–H and O–H groups in total. The minimum atomic E-state index is -2.70. The topological polar surface area (TPSA) is 125 Å². The second-order valence-corrected chi connectivity index (χ2v) is 8.22. The molecule has 37 heavy (non-hydrogen) atoms. The number of hydrogen-bond acceptors (Lipinski definition) is 10. The predicted molar refractivity (Wildman–Crippen MR) is 139 cm³/mol.